The standard InChI is InChI=1S/C13H20N2O2S/c1-2-15(11-12-7-6-10-14-12)18(16,17)13-8-4-3-5-9-13/h3-5,8-9,12,14H,2,6-7,10-11H2,1H3. The summed E-state index contributed by atoms with van der Waals surface area (Å²) in [5.41, 5.74) is 0. The van der Waals surface area contributed by atoms with Gasteiger partial charge in [-0.1, -0.05) is 25.1 Å². The Bertz CT molecular complexity index is 467. The number of hydrogen-bond donors (Lipinski definition) is 1. The van der Waals surface area contributed by atoms with Gasteiger partial charge in [-0.05, 0) is 31.5 Å². The van der Waals surface area contributed by atoms with E-state index >= 15 is 0 Å². The number of nitrogens with one attached hydrogen (secondary N) is 1. The predicted octanol–water partition coefficient (Wildman–Crippen LogP) is 1.45. The van der Waals surface area contributed by atoms with Gasteiger partial charge >= 0.3 is 0 Å². The van der Waals surface area contributed by atoms with Gasteiger partial charge in [-0.25, -0.2) is 8.42 Å². The molecule has 1 unspecified atom stereocenters. The summed E-state index contributed by atoms with van der Waals surface area (Å²) in [4.78, 5) is 0.379. The third-order valence-corrected chi connectivity index (χ3v) is 5.28. The van der Waals surface area contributed by atoms with Crippen LogP contribution in [0.2, 0.25) is 0 Å². The molecule has 1 aliphatic rings. The summed E-state index contributed by atoms with van der Waals surface area (Å²) < 4.78 is 26.5. The lowest BCUT2D eigenvalue weighted by molar-refractivity contribution is 0.383. The first-order valence-electron chi connectivity index (χ1n) is 6.43. The molecule has 1 aromatic carbocycles. The fourth-order valence-electron chi connectivity index (χ4n) is 2.30. The van der Waals surface area contributed by atoms with Gasteiger partial charge in [0, 0.05) is 19.1 Å². The van der Waals surface area contributed by atoms with E-state index < -0.39 is 10.0 Å². The Morgan fingerprint density at radius 2 is 2.06 bits per heavy atom. The van der Waals surface area contributed by atoms with Crippen LogP contribution in [-0.4, -0.2) is 38.4 Å². The molecule has 0 radical (unpaired) electrons. The van der Waals surface area contributed by atoms with Gasteiger partial charge in [0.05, 0.1) is 4.90 Å². The van der Waals surface area contributed by atoms with Gasteiger partial charge in [0.25, 0.3) is 0 Å². The first-order valence-corrected chi connectivity index (χ1v) is 7.87. The molecule has 1 aromatic rings. The van der Waals surface area contributed by atoms with Crippen LogP contribution in [0.5, 0.6) is 0 Å². The van der Waals surface area contributed by atoms with Gasteiger partial charge in [0.15, 0.2) is 0 Å². The molecule has 100 valence electrons. The summed E-state index contributed by atoms with van der Waals surface area (Å²) in [6.07, 6.45) is 2.19. The molecule has 1 saturated heterocycles. The molecule has 0 bridgehead atoms. The van der Waals surface area contributed by atoms with Crippen LogP contribution < -0.4 is 5.32 Å². The minimum atomic E-state index is -3.35. The summed E-state index contributed by atoms with van der Waals surface area (Å²) in [5.74, 6) is 0. The van der Waals surface area contributed by atoms with Gasteiger partial charge in [0.1, 0.15) is 0 Å². The second kappa shape index (κ2) is 5.82. The third kappa shape index (κ3) is 2.91. The lowest BCUT2D eigenvalue weighted by Gasteiger charge is -2.23. The van der Waals surface area contributed by atoms with Crippen LogP contribution >= 0.6 is 0 Å². The maximum Gasteiger partial charge on any atom is 0.243 e. The molecular formula is C13H20N2O2S. The van der Waals surface area contributed by atoms with E-state index in [0.29, 0.717) is 24.0 Å². The molecule has 0 spiro atoms. The zero-order valence-electron chi connectivity index (χ0n) is 10.7. The maximum absolute atomic E-state index is 12.4. The number of nitrogens with zero attached hydrogens (tertiary/aromatic N) is 1. The smallest absolute Gasteiger partial charge is 0.243 e. The monoisotopic (exact) mass is 268 g/mol. The highest BCUT2D eigenvalue weighted by Crippen LogP contribution is 2.17. The van der Waals surface area contributed by atoms with Crippen molar-refractivity contribution in [3.63, 3.8) is 0 Å². The first kappa shape index (κ1) is 13.5. The third-order valence-electron chi connectivity index (χ3n) is 3.32. The van der Waals surface area contributed by atoms with Gasteiger partial charge in [-0.15, -0.1) is 0 Å². The lowest BCUT2D eigenvalue weighted by atomic mass is 10.2. The Morgan fingerprint density at radius 1 is 1.33 bits per heavy atom. The molecule has 1 atom stereocenters. The van der Waals surface area contributed by atoms with Crippen molar-refractivity contribution in [1.29, 1.82) is 0 Å². The number of likely N-dealkylation sites (N-methyl/N-ethyl adjacent to an activating group) is 1. The number of sulfonamides is 1. The molecule has 0 aromatic heterocycles. The van der Waals surface area contributed by atoms with Crippen LogP contribution in [0.4, 0.5) is 0 Å². The molecule has 1 heterocycles. The van der Waals surface area contributed by atoms with Gasteiger partial charge in [0.2, 0.25) is 10.0 Å². The van der Waals surface area contributed by atoms with Gasteiger partial charge in [-0.2, -0.15) is 4.31 Å². The zero-order chi connectivity index (χ0) is 13.0. The summed E-state index contributed by atoms with van der Waals surface area (Å²) in [7, 11) is -3.35. The topological polar surface area (TPSA) is 49.4 Å². The van der Waals surface area contributed by atoms with Crippen LogP contribution in [0.25, 0.3) is 0 Å². The fraction of sp³-hybridized carbons (Fsp3) is 0.538. The van der Waals surface area contributed by atoms with Crippen molar-refractivity contribution < 1.29 is 8.42 Å². The van der Waals surface area contributed by atoms with E-state index in [9.17, 15) is 8.42 Å². The van der Waals surface area contributed by atoms with Crippen molar-refractivity contribution in [1.82, 2.24) is 9.62 Å². The molecule has 0 aliphatic carbocycles. The predicted molar refractivity (Wildman–Crippen MR) is 71.9 cm³/mol. The SMILES string of the molecule is CCN(CC1CCCN1)S(=O)(=O)c1ccccc1. The van der Waals surface area contributed by atoms with Crippen molar-refractivity contribution in [2.75, 3.05) is 19.6 Å². The van der Waals surface area contributed by atoms with Crippen LogP contribution in [0.15, 0.2) is 35.2 Å². The largest absolute Gasteiger partial charge is 0.313 e. The van der Waals surface area contributed by atoms with E-state index in [4.69, 9.17) is 0 Å². The number of rotatable bonds is 5. The molecule has 1 N–H and O–H groups in total. The van der Waals surface area contributed by atoms with Crippen LogP contribution in [0.3, 0.4) is 0 Å². The van der Waals surface area contributed by atoms with E-state index in [1.54, 1.807) is 28.6 Å². The molecule has 2 rings (SSSR count). The van der Waals surface area contributed by atoms with Gasteiger partial charge < -0.3 is 5.32 Å². The van der Waals surface area contributed by atoms with E-state index in [-0.39, 0.29) is 0 Å². The van der Waals surface area contributed by atoms with E-state index in [1.807, 2.05) is 13.0 Å². The number of benzene rings is 1. The lowest BCUT2D eigenvalue weighted by Crippen LogP contribution is -2.40. The summed E-state index contributed by atoms with van der Waals surface area (Å²) in [6, 6.07) is 8.94. The average Bonchev–Trinajstić information content (AvgIpc) is 2.89. The summed E-state index contributed by atoms with van der Waals surface area (Å²) >= 11 is 0. The second-order valence-corrected chi connectivity index (χ2v) is 6.50. The normalized spacial score (nSPS) is 20.4. The van der Waals surface area contributed by atoms with Crippen molar-refractivity contribution in [2.24, 2.45) is 0 Å². The van der Waals surface area contributed by atoms with Crippen LogP contribution in [-0.2, 0) is 10.0 Å². The highest BCUT2D eigenvalue weighted by Gasteiger charge is 2.26. The summed E-state index contributed by atoms with van der Waals surface area (Å²) in [6.45, 7) is 3.95. The number of hydrogen-bond acceptors (Lipinski definition) is 3. The van der Waals surface area contributed by atoms with E-state index in [1.165, 1.54) is 0 Å². The second-order valence-electron chi connectivity index (χ2n) is 4.56. The highest BCUT2D eigenvalue weighted by atomic mass is 32.2. The van der Waals surface area contributed by atoms with E-state index in [0.717, 1.165) is 19.4 Å². The molecule has 5 heteroatoms. The van der Waals surface area contributed by atoms with Crippen LogP contribution in [0.1, 0.15) is 19.8 Å². The summed E-state index contributed by atoms with van der Waals surface area (Å²) in [5, 5.41) is 3.34. The molecule has 18 heavy (non-hydrogen) atoms. The Hall–Kier alpha value is -0.910. The Balaban J connectivity index is 2.15. The quantitative estimate of drug-likeness (QED) is 0.879. The highest BCUT2D eigenvalue weighted by molar-refractivity contribution is 7.89. The molecule has 4 nitrogen and oxygen atoms in total. The Kier molecular flexibility index (Phi) is 4.37. The molecule has 0 saturated carbocycles. The van der Waals surface area contributed by atoms with Crippen molar-refractivity contribution in [2.45, 2.75) is 30.7 Å². The average molecular weight is 268 g/mol. The molecule has 1 fully saturated rings. The fourth-order valence-corrected chi connectivity index (χ4v) is 3.81. The molecule has 0 amide bonds. The van der Waals surface area contributed by atoms with E-state index in [2.05, 4.69) is 5.32 Å². The Labute approximate surface area is 109 Å². The zero-order valence-corrected chi connectivity index (χ0v) is 11.5. The van der Waals surface area contributed by atoms with Gasteiger partial charge in [-0.3, -0.25) is 0 Å². The molecular weight excluding hydrogens is 248 g/mol. The minimum Gasteiger partial charge on any atom is -0.313 e. The molecule has 1 aliphatic heterocycles. The van der Waals surface area contributed by atoms with Crippen molar-refractivity contribution >= 4 is 10.0 Å². The van der Waals surface area contributed by atoms with Crippen molar-refractivity contribution in [3.05, 3.63) is 30.3 Å². The Morgan fingerprint density at radius 3 is 2.61 bits per heavy atom. The van der Waals surface area contributed by atoms with Crippen molar-refractivity contribution in [3.8, 4) is 0 Å². The first-order chi connectivity index (χ1) is 8.64. The van der Waals surface area contributed by atoms with Crippen LogP contribution in [0, 0.1) is 0 Å². The maximum atomic E-state index is 12.4. The minimum absolute atomic E-state index is 0.295.